The Hall–Kier alpha value is -0.420. The molecule has 0 heterocycles. The van der Waals surface area contributed by atoms with Gasteiger partial charge in [0, 0.05) is 24.1 Å². The first-order valence-corrected chi connectivity index (χ1v) is 9.76. The molecule has 2 aliphatic rings. The molecule has 4 nitrogen and oxygen atoms in total. The van der Waals surface area contributed by atoms with Gasteiger partial charge in [0.15, 0.2) is 0 Å². The third-order valence-corrected chi connectivity index (χ3v) is 6.70. The van der Waals surface area contributed by atoms with E-state index in [1.807, 2.05) is 0 Å². The molecule has 2 aliphatic carbocycles. The monoisotopic (exact) mass is 301 g/mol. The minimum Gasteiger partial charge on any atom is -0.325 e. The smallest absolute Gasteiger partial charge is 0.150 e. The molecule has 116 valence electrons. The van der Waals surface area contributed by atoms with E-state index in [2.05, 4.69) is 0 Å². The van der Waals surface area contributed by atoms with Crippen LogP contribution in [-0.4, -0.2) is 31.2 Å². The van der Waals surface area contributed by atoms with Crippen molar-refractivity contribution in [2.45, 2.75) is 75.0 Å². The number of carbonyl (C=O) groups is 1. The number of ketones is 1. The van der Waals surface area contributed by atoms with E-state index in [1.54, 1.807) is 0 Å². The molecule has 5 heteroatoms. The largest absolute Gasteiger partial charge is 0.325 e. The van der Waals surface area contributed by atoms with E-state index in [-0.39, 0.29) is 22.5 Å². The van der Waals surface area contributed by atoms with Crippen molar-refractivity contribution in [1.82, 2.24) is 0 Å². The predicted molar refractivity (Wildman–Crippen MR) is 80.2 cm³/mol. The van der Waals surface area contributed by atoms with E-state index in [1.165, 1.54) is 12.7 Å². The number of sulfone groups is 1. The van der Waals surface area contributed by atoms with Crippen LogP contribution in [0.2, 0.25) is 0 Å². The summed E-state index contributed by atoms with van der Waals surface area (Å²) in [5.74, 6) is 0.105. The van der Waals surface area contributed by atoms with Gasteiger partial charge in [-0.15, -0.1) is 0 Å². The Bertz CT molecular complexity index is 452. The molecule has 2 fully saturated rings. The third kappa shape index (κ3) is 4.04. The Balaban J connectivity index is 1.95. The number of carbonyl (C=O) groups excluding carboxylic acids is 1. The van der Waals surface area contributed by atoms with Gasteiger partial charge >= 0.3 is 0 Å². The molecular weight excluding hydrogens is 274 g/mol. The van der Waals surface area contributed by atoms with Gasteiger partial charge in [-0.1, -0.05) is 25.7 Å². The van der Waals surface area contributed by atoms with Crippen molar-refractivity contribution in [3.05, 3.63) is 0 Å². The molecule has 0 spiro atoms. The van der Waals surface area contributed by atoms with Gasteiger partial charge in [0.25, 0.3) is 0 Å². The van der Waals surface area contributed by atoms with Crippen molar-refractivity contribution in [2.75, 3.05) is 6.26 Å². The molecule has 2 saturated carbocycles. The van der Waals surface area contributed by atoms with Crippen LogP contribution < -0.4 is 5.73 Å². The van der Waals surface area contributed by atoms with Gasteiger partial charge in [-0.25, -0.2) is 8.42 Å². The van der Waals surface area contributed by atoms with E-state index >= 15 is 0 Å². The summed E-state index contributed by atoms with van der Waals surface area (Å²) in [4.78, 5) is 12.5. The van der Waals surface area contributed by atoms with Crippen LogP contribution in [0.3, 0.4) is 0 Å². The molecule has 0 bridgehead atoms. The fraction of sp³-hybridized carbons (Fsp3) is 0.933. The molecule has 0 radical (unpaired) electrons. The summed E-state index contributed by atoms with van der Waals surface area (Å²) in [5, 5.41) is -0.328. The van der Waals surface area contributed by atoms with Crippen molar-refractivity contribution in [2.24, 2.45) is 11.7 Å². The zero-order chi connectivity index (χ0) is 14.8. The van der Waals surface area contributed by atoms with Gasteiger partial charge in [-0.2, -0.15) is 0 Å². The quantitative estimate of drug-likeness (QED) is 0.863. The number of nitrogens with two attached hydrogens (primary N) is 1. The molecule has 2 atom stereocenters. The average molecular weight is 301 g/mol. The van der Waals surface area contributed by atoms with Gasteiger partial charge in [0.2, 0.25) is 0 Å². The van der Waals surface area contributed by atoms with Crippen LogP contribution in [-0.2, 0) is 14.6 Å². The number of hydrogen-bond donors (Lipinski definition) is 1. The standard InChI is InChI=1S/C15H27NO3S/c1-20(18,19)13-7-5-6-12(10-13)14(17)11-15(16)8-3-2-4-9-15/h12-13H,2-11,16H2,1H3. The summed E-state index contributed by atoms with van der Waals surface area (Å²) < 4.78 is 23.3. The second kappa shape index (κ2) is 6.14. The van der Waals surface area contributed by atoms with Crippen molar-refractivity contribution in [1.29, 1.82) is 0 Å². The van der Waals surface area contributed by atoms with Gasteiger partial charge in [0.05, 0.1) is 5.25 Å². The van der Waals surface area contributed by atoms with E-state index in [9.17, 15) is 13.2 Å². The first kappa shape index (κ1) is 16.0. The highest BCUT2D eigenvalue weighted by atomic mass is 32.2. The lowest BCUT2D eigenvalue weighted by Crippen LogP contribution is -2.45. The SMILES string of the molecule is CS(=O)(=O)C1CCCC(C(=O)CC2(N)CCCCC2)C1. The van der Waals surface area contributed by atoms with Gasteiger partial charge in [0.1, 0.15) is 15.6 Å². The summed E-state index contributed by atoms with van der Waals surface area (Å²) in [5.41, 5.74) is 6.02. The van der Waals surface area contributed by atoms with Crippen LogP contribution in [0.4, 0.5) is 0 Å². The number of hydrogen-bond acceptors (Lipinski definition) is 4. The predicted octanol–water partition coefficient (Wildman–Crippen LogP) is 2.21. The summed E-state index contributed by atoms with van der Waals surface area (Å²) in [7, 11) is -3.02. The van der Waals surface area contributed by atoms with Gasteiger partial charge in [-0.05, 0) is 32.1 Å². The Morgan fingerprint density at radius 3 is 2.40 bits per heavy atom. The molecule has 20 heavy (non-hydrogen) atoms. The van der Waals surface area contributed by atoms with E-state index < -0.39 is 9.84 Å². The van der Waals surface area contributed by atoms with Crippen molar-refractivity contribution >= 4 is 15.6 Å². The molecule has 0 aromatic heterocycles. The lowest BCUT2D eigenvalue weighted by Gasteiger charge is -2.35. The van der Waals surface area contributed by atoms with Crippen LogP contribution in [0, 0.1) is 5.92 Å². The lowest BCUT2D eigenvalue weighted by atomic mass is 9.75. The maximum Gasteiger partial charge on any atom is 0.150 e. The summed E-state index contributed by atoms with van der Waals surface area (Å²) in [6, 6.07) is 0. The molecule has 0 amide bonds. The number of rotatable bonds is 4. The highest BCUT2D eigenvalue weighted by Crippen LogP contribution is 2.34. The van der Waals surface area contributed by atoms with Crippen molar-refractivity contribution in [3.8, 4) is 0 Å². The summed E-state index contributed by atoms with van der Waals surface area (Å²) in [6.07, 6.45) is 9.91. The van der Waals surface area contributed by atoms with E-state index in [4.69, 9.17) is 5.73 Å². The Labute approximate surface area is 122 Å². The molecule has 0 aromatic carbocycles. The topological polar surface area (TPSA) is 77.2 Å². The van der Waals surface area contributed by atoms with Crippen LogP contribution in [0.25, 0.3) is 0 Å². The second-order valence-corrected chi connectivity index (χ2v) is 9.21. The Morgan fingerprint density at radius 1 is 1.15 bits per heavy atom. The maximum absolute atomic E-state index is 12.5. The number of Topliss-reactive ketones (excluding diaryl/α,β-unsaturated/α-hetero) is 1. The molecule has 0 saturated heterocycles. The summed E-state index contributed by atoms with van der Waals surface area (Å²) in [6.45, 7) is 0. The maximum atomic E-state index is 12.5. The molecule has 2 rings (SSSR count). The minimum absolute atomic E-state index is 0.0918. The van der Waals surface area contributed by atoms with Crippen LogP contribution in [0.5, 0.6) is 0 Å². The fourth-order valence-corrected chi connectivity index (χ4v) is 4.93. The Kier molecular flexibility index (Phi) is 4.90. The Morgan fingerprint density at radius 2 is 1.80 bits per heavy atom. The van der Waals surface area contributed by atoms with Crippen molar-refractivity contribution < 1.29 is 13.2 Å². The third-order valence-electron chi connectivity index (χ3n) is 5.06. The van der Waals surface area contributed by atoms with E-state index in [0.29, 0.717) is 19.3 Å². The van der Waals surface area contributed by atoms with Crippen LogP contribution in [0.1, 0.15) is 64.2 Å². The normalized spacial score (nSPS) is 30.9. The summed E-state index contributed by atoms with van der Waals surface area (Å²) >= 11 is 0. The van der Waals surface area contributed by atoms with Gasteiger partial charge in [-0.3, -0.25) is 4.79 Å². The first-order valence-electron chi connectivity index (χ1n) is 7.81. The molecule has 2 unspecified atom stereocenters. The average Bonchev–Trinajstić information content (AvgIpc) is 2.38. The van der Waals surface area contributed by atoms with Crippen LogP contribution in [0.15, 0.2) is 0 Å². The van der Waals surface area contributed by atoms with Gasteiger partial charge < -0.3 is 5.73 Å². The molecular formula is C15H27NO3S. The van der Waals surface area contributed by atoms with E-state index in [0.717, 1.165) is 38.5 Å². The molecule has 0 aliphatic heterocycles. The highest BCUT2D eigenvalue weighted by Gasteiger charge is 2.36. The zero-order valence-electron chi connectivity index (χ0n) is 12.4. The first-order chi connectivity index (χ1) is 9.30. The minimum atomic E-state index is -3.02. The lowest BCUT2D eigenvalue weighted by molar-refractivity contribution is -0.125. The second-order valence-electron chi connectivity index (χ2n) is 6.88. The van der Waals surface area contributed by atoms with Crippen LogP contribution >= 0.6 is 0 Å². The molecule has 0 aromatic rings. The van der Waals surface area contributed by atoms with Crippen molar-refractivity contribution in [3.63, 3.8) is 0 Å². The zero-order valence-corrected chi connectivity index (χ0v) is 13.3. The highest BCUT2D eigenvalue weighted by molar-refractivity contribution is 7.91. The fourth-order valence-electron chi connectivity index (χ4n) is 3.75. The molecule has 2 N–H and O–H groups in total.